The van der Waals surface area contributed by atoms with Crippen LogP contribution in [0.2, 0.25) is 0 Å². The maximum absolute atomic E-state index is 12.5. The number of allylic oxidation sites excluding steroid dienone is 2. The number of anilines is 2. The second kappa shape index (κ2) is 7.58. The Kier molecular flexibility index (Phi) is 4.98. The molecule has 7 nitrogen and oxygen atoms in total. The van der Waals surface area contributed by atoms with Crippen LogP contribution in [-0.4, -0.2) is 41.6 Å². The molecular weight excluding hydrogens is 358 g/mol. The first-order chi connectivity index (χ1) is 13.6. The maximum Gasteiger partial charge on any atom is 0.233 e. The molecule has 2 aliphatic heterocycles. The van der Waals surface area contributed by atoms with Gasteiger partial charge in [0.15, 0.2) is 0 Å². The molecule has 146 valence electrons. The quantitative estimate of drug-likeness (QED) is 0.625. The van der Waals surface area contributed by atoms with Gasteiger partial charge in [-0.15, -0.1) is 0 Å². The van der Waals surface area contributed by atoms with Crippen molar-refractivity contribution in [3.63, 3.8) is 0 Å². The molecule has 1 N–H and O–H groups in total. The fourth-order valence-corrected chi connectivity index (χ4v) is 4.23. The Balaban J connectivity index is 1.39. The molecule has 0 saturated carbocycles. The van der Waals surface area contributed by atoms with E-state index in [0.717, 1.165) is 6.42 Å². The topological polar surface area (TPSA) is 86.8 Å². The lowest BCUT2D eigenvalue weighted by Crippen LogP contribution is -2.34. The number of rotatable bonds is 5. The van der Waals surface area contributed by atoms with Gasteiger partial charge >= 0.3 is 0 Å². The zero-order valence-corrected chi connectivity index (χ0v) is 15.6. The Morgan fingerprint density at radius 1 is 1.04 bits per heavy atom. The van der Waals surface area contributed by atoms with E-state index in [1.165, 1.54) is 4.90 Å². The van der Waals surface area contributed by atoms with Crippen LogP contribution in [0.1, 0.15) is 32.1 Å². The Morgan fingerprint density at radius 2 is 1.71 bits per heavy atom. The Labute approximate surface area is 163 Å². The Hall–Kier alpha value is -2.96. The van der Waals surface area contributed by atoms with Crippen LogP contribution < -0.4 is 10.2 Å². The van der Waals surface area contributed by atoms with Crippen LogP contribution >= 0.6 is 0 Å². The molecule has 0 aromatic heterocycles. The minimum atomic E-state index is -0.285. The monoisotopic (exact) mass is 381 g/mol. The lowest BCUT2D eigenvalue weighted by molar-refractivity contribution is -0.140. The van der Waals surface area contributed by atoms with Crippen LogP contribution in [0.4, 0.5) is 11.4 Å². The molecule has 28 heavy (non-hydrogen) atoms. The SMILES string of the molecule is O=C(CCN1C(=O)[C@H]2CC=CC[C@@H]2C1=O)Nc1ccccc1N1CCCC1=O. The number of carbonyl (C=O) groups excluding carboxylic acids is 4. The van der Waals surface area contributed by atoms with Crippen molar-refractivity contribution in [2.75, 3.05) is 23.3 Å². The second-order valence-electron chi connectivity index (χ2n) is 7.45. The molecule has 1 aromatic carbocycles. The van der Waals surface area contributed by atoms with Gasteiger partial charge in [-0.3, -0.25) is 24.1 Å². The molecule has 0 unspecified atom stereocenters. The lowest BCUT2D eigenvalue weighted by Gasteiger charge is -2.20. The lowest BCUT2D eigenvalue weighted by atomic mass is 9.85. The standard InChI is InChI=1S/C21H23N3O4/c25-18(11-13-24-20(27)14-6-1-2-7-15(14)21(24)28)22-16-8-3-4-9-17(16)23-12-5-10-19(23)26/h1-4,8-9,14-15H,5-7,10-13H2,(H,22,25)/t14-,15-/m0/s1. The number of amides is 4. The van der Waals surface area contributed by atoms with E-state index in [2.05, 4.69) is 5.32 Å². The summed E-state index contributed by atoms with van der Waals surface area (Å²) in [6.07, 6.45) is 6.42. The normalized spacial score (nSPS) is 24.1. The van der Waals surface area contributed by atoms with Crippen molar-refractivity contribution >= 4 is 35.0 Å². The molecule has 0 bridgehead atoms. The predicted molar refractivity (Wildman–Crippen MR) is 103 cm³/mol. The average molecular weight is 381 g/mol. The number of para-hydroxylation sites is 2. The van der Waals surface area contributed by atoms with E-state index in [1.54, 1.807) is 17.0 Å². The molecular formula is C21H23N3O4. The number of hydrogen-bond acceptors (Lipinski definition) is 4. The van der Waals surface area contributed by atoms with Crippen LogP contribution in [0, 0.1) is 11.8 Å². The number of fused-ring (bicyclic) bond motifs is 1. The molecule has 4 rings (SSSR count). The molecule has 2 heterocycles. The van der Waals surface area contributed by atoms with E-state index >= 15 is 0 Å². The smallest absolute Gasteiger partial charge is 0.233 e. The average Bonchev–Trinajstić information content (AvgIpc) is 3.23. The molecule has 0 spiro atoms. The van der Waals surface area contributed by atoms with Gasteiger partial charge in [-0.1, -0.05) is 24.3 Å². The van der Waals surface area contributed by atoms with Gasteiger partial charge in [0.05, 0.1) is 23.2 Å². The van der Waals surface area contributed by atoms with Crippen molar-refractivity contribution in [2.24, 2.45) is 11.8 Å². The summed E-state index contributed by atoms with van der Waals surface area (Å²) in [5, 5.41) is 2.83. The third-order valence-corrected chi connectivity index (χ3v) is 5.70. The summed E-state index contributed by atoms with van der Waals surface area (Å²) < 4.78 is 0. The molecule has 3 aliphatic rings. The summed E-state index contributed by atoms with van der Waals surface area (Å²) in [4.78, 5) is 52.4. The van der Waals surface area contributed by atoms with Crippen LogP contribution in [-0.2, 0) is 19.2 Å². The maximum atomic E-state index is 12.5. The summed E-state index contributed by atoms with van der Waals surface area (Å²) in [6, 6.07) is 7.19. The Morgan fingerprint density at radius 3 is 2.36 bits per heavy atom. The first-order valence-corrected chi connectivity index (χ1v) is 9.75. The molecule has 4 amide bonds. The van der Waals surface area contributed by atoms with Crippen molar-refractivity contribution in [1.29, 1.82) is 0 Å². The van der Waals surface area contributed by atoms with E-state index in [9.17, 15) is 19.2 Å². The van der Waals surface area contributed by atoms with E-state index in [0.29, 0.717) is 37.2 Å². The van der Waals surface area contributed by atoms with Crippen LogP contribution in [0.25, 0.3) is 0 Å². The number of imide groups is 1. The van der Waals surface area contributed by atoms with E-state index in [1.807, 2.05) is 24.3 Å². The number of benzene rings is 1. The number of nitrogens with zero attached hydrogens (tertiary/aromatic N) is 2. The zero-order valence-electron chi connectivity index (χ0n) is 15.6. The molecule has 2 saturated heterocycles. The number of likely N-dealkylation sites (tertiary alicyclic amines) is 1. The fraction of sp³-hybridized carbons (Fsp3) is 0.429. The number of carbonyl (C=O) groups is 4. The van der Waals surface area contributed by atoms with Crippen molar-refractivity contribution < 1.29 is 19.2 Å². The summed E-state index contributed by atoms with van der Waals surface area (Å²) in [7, 11) is 0. The first kappa shape index (κ1) is 18.4. The van der Waals surface area contributed by atoms with Gasteiger partial charge in [0.25, 0.3) is 0 Å². The highest BCUT2D eigenvalue weighted by Crippen LogP contribution is 2.35. The molecule has 2 fully saturated rings. The second-order valence-corrected chi connectivity index (χ2v) is 7.45. The van der Waals surface area contributed by atoms with Crippen molar-refractivity contribution in [2.45, 2.75) is 32.1 Å². The van der Waals surface area contributed by atoms with Crippen LogP contribution in [0.15, 0.2) is 36.4 Å². The Bertz CT molecular complexity index is 837. The largest absolute Gasteiger partial charge is 0.324 e. The van der Waals surface area contributed by atoms with E-state index in [-0.39, 0.29) is 48.4 Å². The first-order valence-electron chi connectivity index (χ1n) is 9.75. The summed E-state index contributed by atoms with van der Waals surface area (Å²) >= 11 is 0. The van der Waals surface area contributed by atoms with Gasteiger partial charge < -0.3 is 10.2 Å². The van der Waals surface area contributed by atoms with Gasteiger partial charge in [0.1, 0.15) is 0 Å². The highest BCUT2D eigenvalue weighted by Gasteiger charge is 2.46. The molecule has 2 atom stereocenters. The highest BCUT2D eigenvalue weighted by atomic mass is 16.2. The van der Waals surface area contributed by atoms with Crippen molar-refractivity contribution in [3.8, 4) is 0 Å². The van der Waals surface area contributed by atoms with Crippen molar-refractivity contribution in [3.05, 3.63) is 36.4 Å². The summed E-state index contributed by atoms with van der Waals surface area (Å²) in [5.41, 5.74) is 1.25. The molecule has 0 radical (unpaired) electrons. The highest BCUT2D eigenvalue weighted by molar-refractivity contribution is 6.06. The molecule has 7 heteroatoms. The summed E-state index contributed by atoms with van der Waals surface area (Å²) in [5.74, 6) is -1.13. The van der Waals surface area contributed by atoms with Gasteiger partial charge in [0, 0.05) is 25.9 Å². The summed E-state index contributed by atoms with van der Waals surface area (Å²) in [6.45, 7) is 0.723. The van der Waals surface area contributed by atoms with Gasteiger partial charge in [0.2, 0.25) is 23.6 Å². The number of hydrogen-bond donors (Lipinski definition) is 1. The van der Waals surface area contributed by atoms with Crippen molar-refractivity contribution in [1.82, 2.24) is 4.90 Å². The van der Waals surface area contributed by atoms with Crippen LogP contribution in [0.5, 0.6) is 0 Å². The van der Waals surface area contributed by atoms with Gasteiger partial charge in [-0.25, -0.2) is 0 Å². The van der Waals surface area contributed by atoms with E-state index in [4.69, 9.17) is 0 Å². The fourth-order valence-electron chi connectivity index (χ4n) is 4.23. The predicted octanol–water partition coefficient (Wildman–Crippen LogP) is 2.09. The third-order valence-electron chi connectivity index (χ3n) is 5.70. The molecule has 1 aliphatic carbocycles. The van der Waals surface area contributed by atoms with Crippen LogP contribution in [0.3, 0.4) is 0 Å². The number of nitrogens with one attached hydrogen (secondary N) is 1. The van der Waals surface area contributed by atoms with E-state index < -0.39 is 0 Å². The minimum absolute atomic E-state index is 0.0344. The molecule has 1 aromatic rings. The van der Waals surface area contributed by atoms with Gasteiger partial charge in [-0.2, -0.15) is 0 Å². The van der Waals surface area contributed by atoms with Gasteiger partial charge in [-0.05, 0) is 31.4 Å². The third kappa shape index (κ3) is 3.32. The zero-order chi connectivity index (χ0) is 19.7. The minimum Gasteiger partial charge on any atom is -0.324 e.